The molecule has 150 valence electrons. The molecule has 1 saturated heterocycles. The summed E-state index contributed by atoms with van der Waals surface area (Å²) in [4.78, 5) is 16.7. The first kappa shape index (κ1) is 19.1. The molecule has 3 N–H and O–H groups in total. The van der Waals surface area contributed by atoms with E-state index in [0.717, 1.165) is 18.8 Å². The molecule has 7 nitrogen and oxygen atoms in total. The molecule has 3 unspecified atom stereocenters. The standard InChI is InChI=1S/C21H21FN4O3/c22-14-1-6-19-13(9-14)10-18(21(27)25-19)20(26-23)11-24-15-2-4-16(5-3-15)29-17-7-8-28-12-17/h1-6,9-11,13,17,19H,7-8,12,23H2,(H,25,27). The minimum atomic E-state index is -0.343. The van der Waals surface area contributed by atoms with Gasteiger partial charge in [-0.2, -0.15) is 5.10 Å². The molecule has 3 atom stereocenters. The lowest BCUT2D eigenvalue weighted by atomic mass is 9.88. The first-order valence-electron chi connectivity index (χ1n) is 9.37. The Morgan fingerprint density at radius 3 is 2.86 bits per heavy atom. The van der Waals surface area contributed by atoms with E-state index >= 15 is 0 Å². The molecule has 2 heterocycles. The van der Waals surface area contributed by atoms with Crippen LogP contribution in [0.4, 0.5) is 10.1 Å². The maximum absolute atomic E-state index is 13.5. The zero-order valence-electron chi connectivity index (χ0n) is 15.6. The number of ether oxygens (including phenoxy) is 2. The molecule has 1 aromatic carbocycles. The van der Waals surface area contributed by atoms with Gasteiger partial charge in [0.15, 0.2) is 0 Å². The fourth-order valence-corrected chi connectivity index (χ4v) is 3.38. The van der Waals surface area contributed by atoms with Crippen LogP contribution in [0.2, 0.25) is 0 Å². The number of amides is 1. The van der Waals surface area contributed by atoms with Crippen molar-refractivity contribution in [3.8, 4) is 5.75 Å². The van der Waals surface area contributed by atoms with Crippen molar-refractivity contribution >= 4 is 23.5 Å². The number of nitrogens with zero attached hydrogens (tertiary/aromatic N) is 2. The van der Waals surface area contributed by atoms with Gasteiger partial charge in [0.05, 0.1) is 36.7 Å². The van der Waals surface area contributed by atoms with Crippen LogP contribution >= 0.6 is 0 Å². The summed E-state index contributed by atoms with van der Waals surface area (Å²) >= 11 is 0. The van der Waals surface area contributed by atoms with Gasteiger partial charge < -0.3 is 20.6 Å². The van der Waals surface area contributed by atoms with Gasteiger partial charge in [-0.25, -0.2) is 4.39 Å². The predicted molar refractivity (Wildman–Crippen MR) is 108 cm³/mol. The van der Waals surface area contributed by atoms with Crippen molar-refractivity contribution in [2.24, 2.45) is 21.9 Å². The Morgan fingerprint density at radius 2 is 2.14 bits per heavy atom. The maximum atomic E-state index is 13.5. The van der Waals surface area contributed by atoms with E-state index < -0.39 is 0 Å². The SMILES string of the molecule is NN=C(C=Nc1ccc(OC2CCOC2)cc1)C1=CC2C=C(F)C=CC2NC1=O. The maximum Gasteiger partial charge on any atom is 0.253 e. The average Bonchev–Trinajstić information content (AvgIpc) is 3.23. The monoisotopic (exact) mass is 396 g/mol. The lowest BCUT2D eigenvalue weighted by Crippen LogP contribution is -2.45. The number of nitrogens with one attached hydrogen (secondary N) is 1. The van der Waals surface area contributed by atoms with Crippen LogP contribution < -0.4 is 15.9 Å². The van der Waals surface area contributed by atoms with Crippen LogP contribution in [0.25, 0.3) is 0 Å². The molecule has 1 fully saturated rings. The van der Waals surface area contributed by atoms with Crippen LogP contribution in [-0.4, -0.2) is 43.2 Å². The molecule has 0 aromatic heterocycles. The molecule has 2 aliphatic heterocycles. The number of carbonyl (C=O) groups is 1. The van der Waals surface area contributed by atoms with Gasteiger partial charge in [0.2, 0.25) is 0 Å². The first-order chi connectivity index (χ1) is 14.1. The van der Waals surface area contributed by atoms with Gasteiger partial charge in [-0.15, -0.1) is 0 Å². The van der Waals surface area contributed by atoms with Gasteiger partial charge >= 0.3 is 0 Å². The molecule has 8 heteroatoms. The minimum absolute atomic E-state index is 0.0782. The van der Waals surface area contributed by atoms with Gasteiger partial charge in [-0.3, -0.25) is 9.79 Å². The van der Waals surface area contributed by atoms with Gasteiger partial charge in [-0.1, -0.05) is 12.2 Å². The quantitative estimate of drug-likeness (QED) is 0.453. The molecule has 29 heavy (non-hydrogen) atoms. The zero-order valence-corrected chi connectivity index (χ0v) is 15.6. The van der Waals surface area contributed by atoms with Crippen molar-refractivity contribution in [2.75, 3.05) is 13.2 Å². The van der Waals surface area contributed by atoms with Crippen LogP contribution in [0.3, 0.4) is 0 Å². The summed E-state index contributed by atoms with van der Waals surface area (Å²) in [6.45, 7) is 1.32. The van der Waals surface area contributed by atoms with Crippen LogP contribution in [-0.2, 0) is 9.53 Å². The number of hydrogen-bond donors (Lipinski definition) is 2. The van der Waals surface area contributed by atoms with Crippen molar-refractivity contribution in [3.05, 3.63) is 60.0 Å². The highest BCUT2D eigenvalue weighted by molar-refractivity contribution is 6.45. The summed E-state index contributed by atoms with van der Waals surface area (Å²) in [6.07, 6.45) is 8.45. The van der Waals surface area contributed by atoms with Crippen molar-refractivity contribution < 1.29 is 18.7 Å². The molecule has 0 bridgehead atoms. The number of halogens is 1. The zero-order chi connectivity index (χ0) is 20.2. The number of rotatable bonds is 5. The number of carbonyl (C=O) groups excluding carboxylic acids is 1. The van der Waals surface area contributed by atoms with Gasteiger partial charge in [0.1, 0.15) is 23.4 Å². The van der Waals surface area contributed by atoms with E-state index in [9.17, 15) is 9.18 Å². The molecule has 1 amide bonds. The van der Waals surface area contributed by atoms with Crippen LogP contribution in [0.5, 0.6) is 5.75 Å². The van der Waals surface area contributed by atoms with E-state index in [1.165, 1.54) is 18.4 Å². The number of nitrogens with two attached hydrogens (primary N) is 1. The summed E-state index contributed by atoms with van der Waals surface area (Å²) in [6, 6.07) is 6.96. The van der Waals surface area contributed by atoms with E-state index in [1.807, 2.05) is 12.1 Å². The number of fused-ring (bicyclic) bond motifs is 1. The summed E-state index contributed by atoms with van der Waals surface area (Å²) in [5.74, 6) is 5.25. The molecule has 0 radical (unpaired) electrons. The van der Waals surface area contributed by atoms with Crippen molar-refractivity contribution in [2.45, 2.75) is 18.6 Å². The van der Waals surface area contributed by atoms with E-state index in [-0.39, 0.29) is 41.1 Å². The highest BCUT2D eigenvalue weighted by Gasteiger charge is 2.30. The lowest BCUT2D eigenvalue weighted by Gasteiger charge is -2.28. The molecule has 0 spiro atoms. The molecule has 1 aromatic rings. The smallest absolute Gasteiger partial charge is 0.253 e. The van der Waals surface area contributed by atoms with E-state index in [4.69, 9.17) is 15.3 Å². The second-order valence-electron chi connectivity index (χ2n) is 6.94. The number of allylic oxidation sites excluding steroid dienone is 2. The second kappa shape index (κ2) is 8.40. The van der Waals surface area contributed by atoms with Crippen LogP contribution in [0.1, 0.15) is 6.42 Å². The largest absolute Gasteiger partial charge is 0.488 e. The van der Waals surface area contributed by atoms with E-state index in [1.54, 1.807) is 24.3 Å². The third-order valence-corrected chi connectivity index (χ3v) is 4.91. The van der Waals surface area contributed by atoms with Gasteiger partial charge in [-0.05, 0) is 36.4 Å². The number of hydrogen-bond acceptors (Lipinski definition) is 6. The Bertz CT molecular complexity index is 928. The highest BCUT2D eigenvalue weighted by atomic mass is 19.1. The topological polar surface area (TPSA) is 98.3 Å². The lowest BCUT2D eigenvalue weighted by molar-refractivity contribution is -0.118. The van der Waals surface area contributed by atoms with Crippen molar-refractivity contribution in [3.63, 3.8) is 0 Å². The number of aliphatic imine (C=N–C) groups is 1. The normalized spacial score (nSPS) is 26.7. The molecule has 1 aliphatic carbocycles. The van der Waals surface area contributed by atoms with Crippen LogP contribution in [0.15, 0.2) is 70.1 Å². The Hall–Kier alpha value is -3.26. The predicted octanol–water partition coefficient (Wildman–Crippen LogP) is 2.34. The molecule has 4 rings (SSSR count). The summed E-state index contributed by atoms with van der Waals surface area (Å²) in [7, 11) is 0. The number of benzene rings is 1. The fourth-order valence-electron chi connectivity index (χ4n) is 3.38. The Balaban J connectivity index is 1.46. The van der Waals surface area contributed by atoms with Gasteiger partial charge in [0, 0.05) is 12.3 Å². The molecular formula is C21H21FN4O3. The third-order valence-electron chi connectivity index (χ3n) is 4.91. The summed E-state index contributed by atoms with van der Waals surface area (Å²) in [5, 5.41) is 6.50. The average molecular weight is 396 g/mol. The van der Waals surface area contributed by atoms with Crippen LogP contribution in [0, 0.1) is 5.92 Å². The molecule has 3 aliphatic rings. The third kappa shape index (κ3) is 4.43. The van der Waals surface area contributed by atoms with E-state index in [0.29, 0.717) is 12.3 Å². The Kier molecular flexibility index (Phi) is 5.53. The minimum Gasteiger partial charge on any atom is -0.488 e. The first-order valence-corrected chi connectivity index (χ1v) is 9.37. The molecule has 0 saturated carbocycles. The van der Waals surface area contributed by atoms with Crippen molar-refractivity contribution in [1.29, 1.82) is 0 Å². The Morgan fingerprint density at radius 1 is 1.31 bits per heavy atom. The Labute approximate surface area is 167 Å². The molecular weight excluding hydrogens is 375 g/mol. The fraction of sp³-hybridized carbons (Fsp3) is 0.286. The highest BCUT2D eigenvalue weighted by Crippen LogP contribution is 2.25. The van der Waals surface area contributed by atoms with E-state index in [2.05, 4.69) is 15.4 Å². The number of hydrazone groups is 1. The summed E-state index contributed by atoms with van der Waals surface area (Å²) in [5.41, 5.74) is 1.13. The van der Waals surface area contributed by atoms with Crippen molar-refractivity contribution in [1.82, 2.24) is 5.32 Å². The second-order valence-corrected chi connectivity index (χ2v) is 6.94. The van der Waals surface area contributed by atoms with Gasteiger partial charge in [0.25, 0.3) is 5.91 Å². The summed E-state index contributed by atoms with van der Waals surface area (Å²) < 4.78 is 24.6.